The van der Waals surface area contributed by atoms with Gasteiger partial charge in [-0.05, 0) is 32.1 Å². The number of rotatable bonds is 4. The molecular formula is C13H14ClN3O. The number of H-pyrrole nitrogens is 1. The SMILES string of the molecule is CNCCc1cnc(-c2ccccc2Cl)[nH]c1=O. The first kappa shape index (κ1) is 12.8. The van der Waals surface area contributed by atoms with E-state index in [1.807, 2.05) is 25.2 Å². The highest BCUT2D eigenvalue weighted by Gasteiger charge is 2.07. The lowest BCUT2D eigenvalue weighted by molar-refractivity contribution is 0.781. The van der Waals surface area contributed by atoms with Gasteiger partial charge in [-0.1, -0.05) is 23.7 Å². The fourth-order valence-electron chi connectivity index (χ4n) is 1.65. The van der Waals surface area contributed by atoms with Crippen LogP contribution in [0.5, 0.6) is 0 Å². The molecule has 0 radical (unpaired) electrons. The van der Waals surface area contributed by atoms with Crippen molar-refractivity contribution in [3.63, 3.8) is 0 Å². The number of benzene rings is 1. The Kier molecular flexibility index (Phi) is 4.12. The van der Waals surface area contributed by atoms with Crippen LogP contribution in [0.3, 0.4) is 0 Å². The lowest BCUT2D eigenvalue weighted by atomic mass is 10.2. The Morgan fingerprint density at radius 1 is 1.39 bits per heavy atom. The molecule has 0 spiro atoms. The zero-order valence-corrected chi connectivity index (χ0v) is 10.8. The van der Waals surface area contributed by atoms with Gasteiger partial charge in [-0.25, -0.2) is 4.98 Å². The van der Waals surface area contributed by atoms with Crippen LogP contribution < -0.4 is 10.9 Å². The Morgan fingerprint density at radius 3 is 2.83 bits per heavy atom. The first-order valence-corrected chi connectivity index (χ1v) is 6.08. The summed E-state index contributed by atoms with van der Waals surface area (Å²) in [6.07, 6.45) is 2.26. The van der Waals surface area contributed by atoms with Crippen molar-refractivity contribution in [2.75, 3.05) is 13.6 Å². The zero-order chi connectivity index (χ0) is 13.0. The van der Waals surface area contributed by atoms with Gasteiger partial charge in [0.25, 0.3) is 5.56 Å². The molecule has 0 aliphatic carbocycles. The minimum atomic E-state index is -0.116. The molecule has 2 aromatic rings. The third-order valence-corrected chi connectivity index (χ3v) is 2.98. The fourth-order valence-corrected chi connectivity index (χ4v) is 1.87. The summed E-state index contributed by atoms with van der Waals surface area (Å²) in [5.74, 6) is 0.499. The van der Waals surface area contributed by atoms with E-state index in [1.54, 1.807) is 12.3 Å². The van der Waals surface area contributed by atoms with Gasteiger partial charge in [0.15, 0.2) is 0 Å². The summed E-state index contributed by atoms with van der Waals surface area (Å²) < 4.78 is 0. The number of aromatic nitrogens is 2. The molecule has 0 fully saturated rings. The van der Waals surface area contributed by atoms with E-state index >= 15 is 0 Å². The molecule has 2 rings (SSSR count). The van der Waals surface area contributed by atoms with Crippen molar-refractivity contribution in [3.8, 4) is 11.4 Å². The second kappa shape index (κ2) is 5.80. The van der Waals surface area contributed by atoms with E-state index in [9.17, 15) is 4.79 Å². The summed E-state index contributed by atoms with van der Waals surface area (Å²) in [5, 5.41) is 3.57. The van der Waals surface area contributed by atoms with Gasteiger partial charge in [0.1, 0.15) is 5.82 Å². The van der Waals surface area contributed by atoms with Gasteiger partial charge in [-0.15, -0.1) is 0 Å². The molecule has 0 amide bonds. The third-order valence-electron chi connectivity index (χ3n) is 2.65. The fraction of sp³-hybridized carbons (Fsp3) is 0.231. The van der Waals surface area contributed by atoms with E-state index in [0.717, 1.165) is 12.1 Å². The molecule has 1 aromatic carbocycles. The smallest absolute Gasteiger partial charge is 0.254 e. The zero-order valence-electron chi connectivity index (χ0n) is 10.0. The van der Waals surface area contributed by atoms with Crippen LogP contribution in [0.15, 0.2) is 35.3 Å². The van der Waals surface area contributed by atoms with E-state index in [-0.39, 0.29) is 5.56 Å². The maximum atomic E-state index is 11.9. The quantitative estimate of drug-likeness (QED) is 0.885. The molecule has 0 saturated heterocycles. The van der Waals surface area contributed by atoms with Gasteiger partial charge in [-0.2, -0.15) is 0 Å². The molecule has 5 heteroatoms. The Morgan fingerprint density at radius 2 is 2.17 bits per heavy atom. The maximum absolute atomic E-state index is 11.9. The van der Waals surface area contributed by atoms with Gasteiger partial charge < -0.3 is 10.3 Å². The Balaban J connectivity index is 2.35. The number of hydrogen-bond donors (Lipinski definition) is 2. The average Bonchev–Trinajstić information content (AvgIpc) is 2.38. The van der Waals surface area contributed by atoms with Gasteiger partial charge in [0.05, 0.1) is 5.02 Å². The molecule has 18 heavy (non-hydrogen) atoms. The van der Waals surface area contributed by atoms with Crippen molar-refractivity contribution >= 4 is 11.6 Å². The van der Waals surface area contributed by atoms with E-state index in [4.69, 9.17) is 11.6 Å². The predicted octanol–water partition coefficient (Wildman–Crippen LogP) is 1.85. The molecule has 1 aromatic heterocycles. The summed E-state index contributed by atoms with van der Waals surface area (Å²) in [5.41, 5.74) is 1.28. The first-order valence-electron chi connectivity index (χ1n) is 5.70. The molecule has 2 N–H and O–H groups in total. The van der Waals surface area contributed by atoms with Gasteiger partial charge in [0.2, 0.25) is 0 Å². The van der Waals surface area contributed by atoms with E-state index < -0.39 is 0 Å². The lowest BCUT2D eigenvalue weighted by Crippen LogP contribution is -2.19. The molecule has 0 aliphatic heterocycles. The molecule has 0 saturated carbocycles. The second-order valence-corrected chi connectivity index (χ2v) is 4.33. The third kappa shape index (κ3) is 2.78. The van der Waals surface area contributed by atoms with Gasteiger partial charge in [-0.3, -0.25) is 4.79 Å². The highest BCUT2D eigenvalue weighted by Crippen LogP contribution is 2.23. The molecule has 4 nitrogen and oxygen atoms in total. The monoisotopic (exact) mass is 263 g/mol. The number of aromatic amines is 1. The van der Waals surface area contributed by atoms with Crippen molar-refractivity contribution < 1.29 is 0 Å². The first-order chi connectivity index (χ1) is 8.72. The number of nitrogens with one attached hydrogen (secondary N) is 2. The van der Waals surface area contributed by atoms with Crippen molar-refractivity contribution in [1.29, 1.82) is 0 Å². The number of nitrogens with zero attached hydrogens (tertiary/aromatic N) is 1. The standard InChI is InChI=1S/C13H14ClN3O/c1-15-7-6-9-8-16-12(17-13(9)18)10-4-2-3-5-11(10)14/h2-5,8,15H,6-7H2,1H3,(H,16,17,18). The van der Waals surface area contributed by atoms with E-state index in [0.29, 0.717) is 22.8 Å². The van der Waals surface area contributed by atoms with Gasteiger partial charge >= 0.3 is 0 Å². The van der Waals surface area contributed by atoms with Crippen molar-refractivity contribution in [3.05, 3.63) is 51.4 Å². The summed E-state index contributed by atoms with van der Waals surface area (Å²) in [7, 11) is 1.85. The Bertz CT molecular complexity index is 595. The van der Waals surface area contributed by atoms with Crippen LogP contribution in [0.1, 0.15) is 5.56 Å². The van der Waals surface area contributed by atoms with Crippen LogP contribution in [0.4, 0.5) is 0 Å². The Hall–Kier alpha value is -1.65. The van der Waals surface area contributed by atoms with Crippen LogP contribution in [0, 0.1) is 0 Å². The lowest BCUT2D eigenvalue weighted by Gasteiger charge is -2.04. The van der Waals surface area contributed by atoms with Crippen LogP contribution in [-0.2, 0) is 6.42 Å². The molecule has 0 aliphatic rings. The summed E-state index contributed by atoms with van der Waals surface area (Å²) in [4.78, 5) is 18.9. The largest absolute Gasteiger partial charge is 0.319 e. The number of hydrogen-bond acceptors (Lipinski definition) is 3. The summed E-state index contributed by atoms with van der Waals surface area (Å²) >= 11 is 6.06. The topological polar surface area (TPSA) is 57.8 Å². The molecule has 94 valence electrons. The number of likely N-dealkylation sites (N-methyl/N-ethyl adjacent to an activating group) is 1. The van der Waals surface area contributed by atoms with Crippen LogP contribution in [0.25, 0.3) is 11.4 Å². The predicted molar refractivity (Wildman–Crippen MR) is 72.9 cm³/mol. The van der Waals surface area contributed by atoms with Crippen molar-refractivity contribution in [2.45, 2.75) is 6.42 Å². The van der Waals surface area contributed by atoms with E-state index in [2.05, 4.69) is 15.3 Å². The highest BCUT2D eigenvalue weighted by atomic mass is 35.5. The molecule has 0 bridgehead atoms. The summed E-state index contributed by atoms with van der Waals surface area (Å²) in [6, 6.07) is 7.29. The Labute approximate surface area is 110 Å². The average molecular weight is 264 g/mol. The van der Waals surface area contributed by atoms with Crippen LogP contribution >= 0.6 is 11.6 Å². The minimum absolute atomic E-state index is 0.116. The van der Waals surface area contributed by atoms with Crippen molar-refractivity contribution in [2.24, 2.45) is 0 Å². The summed E-state index contributed by atoms with van der Waals surface area (Å²) in [6.45, 7) is 0.746. The highest BCUT2D eigenvalue weighted by molar-refractivity contribution is 6.33. The number of halogens is 1. The molecule has 0 atom stereocenters. The molecular weight excluding hydrogens is 250 g/mol. The normalized spacial score (nSPS) is 10.6. The maximum Gasteiger partial charge on any atom is 0.254 e. The van der Waals surface area contributed by atoms with Gasteiger partial charge in [0, 0.05) is 17.3 Å². The van der Waals surface area contributed by atoms with Crippen LogP contribution in [0.2, 0.25) is 5.02 Å². The minimum Gasteiger partial charge on any atom is -0.319 e. The van der Waals surface area contributed by atoms with E-state index in [1.165, 1.54) is 0 Å². The molecule has 1 heterocycles. The molecule has 0 unspecified atom stereocenters. The van der Waals surface area contributed by atoms with Crippen LogP contribution in [-0.4, -0.2) is 23.6 Å². The second-order valence-electron chi connectivity index (χ2n) is 3.92. The van der Waals surface area contributed by atoms with Crippen molar-refractivity contribution in [1.82, 2.24) is 15.3 Å².